The lowest BCUT2D eigenvalue weighted by Gasteiger charge is -2.05. The predicted molar refractivity (Wildman–Crippen MR) is 97.2 cm³/mol. The van der Waals surface area contributed by atoms with Gasteiger partial charge in [-0.05, 0) is 30.3 Å². The summed E-state index contributed by atoms with van der Waals surface area (Å²) in [6, 6.07) is 12.7. The lowest BCUT2D eigenvalue weighted by atomic mass is 10.0. The van der Waals surface area contributed by atoms with Gasteiger partial charge in [0, 0.05) is 28.0 Å². The summed E-state index contributed by atoms with van der Waals surface area (Å²) < 4.78 is 0.940. The second kappa shape index (κ2) is 6.10. The normalized spacial score (nSPS) is 10.9. The summed E-state index contributed by atoms with van der Waals surface area (Å²) in [6.45, 7) is 0. The summed E-state index contributed by atoms with van der Waals surface area (Å²) in [6.07, 6.45) is 3.29. The van der Waals surface area contributed by atoms with Crippen molar-refractivity contribution in [2.45, 2.75) is 0 Å². The minimum absolute atomic E-state index is 0.149. The number of nitrogens with zero attached hydrogens (tertiary/aromatic N) is 3. The number of aromatic nitrogens is 4. The van der Waals surface area contributed by atoms with Crippen LogP contribution in [0.15, 0.2) is 59.3 Å². The number of carboxylic acid groups (broad SMARTS) is 1. The van der Waals surface area contributed by atoms with E-state index >= 15 is 0 Å². The molecule has 7 heteroatoms. The monoisotopic (exact) mass is 394 g/mol. The molecular formula is C18H11BrN4O2. The molecule has 0 saturated carbocycles. The molecule has 3 aromatic heterocycles. The number of aromatic carboxylic acids is 1. The van der Waals surface area contributed by atoms with E-state index in [0.29, 0.717) is 22.4 Å². The van der Waals surface area contributed by atoms with E-state index in [1.54, 1.807) is 24.5 Å². The molecule has 0 saturated heterocycles. The topological polar surface area (TPSA) is 91.8 Å². The Hall–Kier alpha value is -3.06. The Morgan fingerprint density at radius 3 is 2.60 bits per heavy atom. The Kier molecular flexibility index (Phi) is 3.77. The standard InChI is InChI=1S/C18H11BrN4O2/c19-12-5-3-10(4-6-12)16-15-13(18(24)25)8-14(21-17(15)23-22-16)11-2-1-7-20-9-11/h1-9H,(H,24,25)(H,21,22,23). The van der Waals surface area contributed by atoms with Crippen LogP contribution in [-0.2, 0) is 0 Å². The van der Waals surface area contributed by atoms with Gasteiger partial charge in [0.2, 0.25) is 0 Å². The summed E-state index contributed by atoms with van der Waals surface area (Å²) >= 11 is 3.39. The molecule has 0 bridgehead atoms. The summed E-state index contributed by atoms with van der Waals surface area (Å²) in [7, 11) is 0. The minimum atomic E-state index is -1.03. The minimum Gasteiger partial charge on any atom is -0.478 e. The maximum Gasteiger partial charge on any atom is 0.336 e. The largest absolute Gasteiger partial charge is 0.478 e. The number of nitrogens with one attached hydrogen (secondary N) is 1. The van der Waals surface area contributed by atoms with Crippen molar-refractivity contribution < 1.29 is 9.90 Å². The average molecular weight is 395 g/mol. The van der Waals surface area contributed by atoms with Crippen molar-refractivity contribution in [2.24, 2.45) is 0 Å². The van der Waals surface area contributed by atoms with E-state index in [1.807, 2.05) is 30.3 Å². The first kappa shape index (κ1) is 15.5. The Morgan fingerprint density at radius 1 is 1.12 bits per heavy atom. The van der Waals surface area contributed by atoms with Gasteiger partial charge in [-0.2, -0.15) is 5.10 Å². The number of H-pyrrole nitrogens is 1. The number of carboxylic acids is 1. The molecule has 1 aromatic carbocycles. The summed E-state index contributed by atoms with van der Waals surface area (Å²) in [5, 5.41) is 17.3. The summed E-state index contributed by atoms with van der Waals surface area (Å²) in [5.74, 6) is -1.03. The van der Waals surface area contributed by atoms with E-state index in [4.69, 9.17) is 0 Å². The van der Waals surface area contributed by atoms with Crippen LogP contribution >= 0.6 is 15.9 Å². The number of halogens is 1. The molecule has 4 aromatic rings. The van der Waals surface area contributed by atoms with E-state index < -0.39 is 5.97 Å². The molecule has 0 radical (unpaired) electrons. The average Bonchev–Trinajstić information content (AvgIpc) is 3.06. The highest BCUT2D eigenvalue weighted by Crippen LogP contribution is 2.31. The molecule has 0 atom stereocenters. The van der Waals surface area contributed by atoms with Crippen molar-refractivity contribution in [1.82, 2.24) is 20.2 Å². The lowest BCUT2D eigenvalue weighted by Crippen LogP contribution is -2.00. The number of aromatic amines is 1. The zero-order valence-electron chi connectivity index (χ0n) is 12.8. The van der Waals surface area contributed by atoms with Crippen LogP contribution in [-0.4, -0.2) is 31.2 Å². The maximum absolute atomic E-state index is 11.8. The number of rotatable bonds is 3. The molecule has 0 spiro atoms. The third kappa shape index (κ3) is 2.78. The van der Waals surface area contributed by atoms with E-state index in [9.17, 15) is 9.90 Å². The Labute approximate surface area is 150 Å². The predicted octanol–water partition coefficient (Wildman–Crippen LogP) is 4.15. The number of hydrogen-bond acceptors (Lipinski definition) is 4. The Balaban J connectivity index is 1.97. The quantitative estimate of drug-likeness (QED) is 0.544. The fourth-order valence-electron chi connectivity index (χ4n) is 2.68. The second-order valence-electron chi connectivity index (χ2n) is 5.41. The first-order valence-corrected chi connectivity index (χ1v) is 8.21. The molecule has 0 aliphatic heterocycles. The number of benzene rings is 1. The van der Waals surface area contributed by atoms with Gasteiger partial charge in [-0.25, -0.2) is 9.78 Å². The molecule has 6 nitrogen and oxygen atoms in total. The zero-order valence-corrected chi connectivity index (χ0v) is 14.4. The molecule has 0 unspecified atom stereocenters. The van der Waals surface area contributed by atoms with Crippen molar-refractivity contribution in [1.29, 1.82) is 0 Å². The number of pyridine rings is 2. The van der Waals surface area contributed by atoms with Crippen LogP contribution < -0.4 is 0 Å². The molecule has 0 amide bonds. The van der Waals surface area contributed by atoms with Crippen molar-refractivity contribution in [3.05, 3.63) is 64.9 Å². The van der Waals surface area contributed by atoms with E-state index in [0.717, 1.165) is 15.6 Å². The third-order valence-electron chi connectivity index (χ3n) is 3.84. The van der Waals surface area contributed by atoms with Crippen LogP contribution in [0.25, 0.3) is 33.5 Å². The van der Waals surface area contributed by atoms with Gasteiger partial charge in [0.05, 0.1) is 22.3 Å². The number of carbonyl (C=O) groups is 1. The van der Waals surface area contributed by atoms with Gasteiger partial charge < -0.3 is 5.11 Å². The molecule has 0 aliphatic rings. The second-order valence-corrected chi connectivity index (χ2v) is 6.32. The molecular weight excluding hydrogens is 384 g/mol. The fraction of sp³-hybridized carbons (Fsp3) is 0. The smallest absolute Gasteiger partial charge is 0.336 e. The molecule has 0 aliphatic carbocycles. The fourth-order valence-corrected chi connectivity index (χ4v) is 2.94. The van der Waals surface area contributed by atoms with Crippen LogP contribution in [0.5, 0.6) is 0 Å². The summed E-state index contributed by atoms with van der Waals surface area (Å²) in [4.78, 5) is 20.4. The number of fused-ring (bicyclic) bond motifs is 1. The zero-order chi connectivity index (χ0) is 17.4. The van der Waals surface area contributed by atoms with E-state index in [2.05, 4.69) is 36.1 Å². The Morgan fingerprint density at radius 2 is 1.92 bits per heavy atom. The van der Waals surface area contributed by atoms with E-state index in [1.165, 1.54) is 0 Å². The van der Waals surface area contributed by atoms with Crippen molar-refractivity contribution in [2.75, 3.05) is 0 Å². The van der Waals surface area contributed by atoms with Gasteiger partial charge in [0.15, 0.2) is 5.65 Å². The van der Waals surface area contributed by atoms with Gasteiger partial charge in [0.1, 0.15) is 0 Å². The molecule has 3 heterocycles. The van der Waals surface area contributed by atoms with Crippen molar-refractivity contribution >= 4 is 32.9 Å². The van der Waals surface area contributed by atoms with Crippen LogP contribution in [0.4, 0.5) is 0 Å². The summed E-state index contributed by atoms with van der Waals surface area (Å²) in [5.41, 5.74) is 3.23. The maximum atomic E-state index is 11.8. The molecule has 2 N–H and O–H groups in total. The van der Waals surface area contributed by atoms with Crippen LogP contribution in [0.3, 0.4) is 0 Å². The van der Waals surface area contributed by atoms with Crippen LogP contribution in [0.1, 0.15) is 10.4 Å². The van der Waals surface area contributed by atoms with Gasteiger partial charge in [-0.3, -0.25) is 10.1 Å². The molecule has 122 valence electrons. The number of hydrogen-bond donors (Lipinski definition) is 2. The van der Waals surface area contributed by atoms with Gasteiger partial charge in [0.25, 0.3) is 0 Å². The highest BCUT2D eigenvalue weighted by atomic mass is 79.9. The van der Waals surface area contributed by atoms with Gasteiger partial charge in [-0.15, -0.1) is 0 Å². The highest BCUT2D eigenvalue weighted by molar-refractivity contribution is 9.10. The Bertz CT molecular complexity index is 1080. The van der Waals surface area contributed by atoms with E-state index in [-0.39, 0.29) is 5.56 Å². The molecule has 4 rings (SSSR count). The van der Waals surface area contributed by atoms with Crippen LogP contribution in [0, 0.1) is 0 Å². The lowest BCUT2D eigenvalue weighted by molar-refractivity contribution is 0.0699. The molecule has 25 heavy (non-hydrogen) atoms. The first-order valence-electron chi connectivity index (χ1n) is 7.42. The third-order valence-corrected chi connectivity index (χ3v) is 4.37. The van der Waals surface area contributed by atoms with Crippen molar-refractivity contribution in [3.63, 3.8) is 0 Å². The highest BCUT2D eigenvalue weighted by Gasteiger charge is 2.19. The van der Waals surface area contributed by atoms with Gasteiger partial charge >= 0.3 is 5.97 Å². The van der Waals surface area contributed by atoms with Gasteiger partial charge in [-0.1, -0.05) is 28.1 Å². The molecule has 0 fully saturated rings. The van der Waals surface area contributed by atoms with Crippen molar-refractivity contribution in [3.8, 4) is 22.5 Å². The first-order chi connectivity index (χ1) is 12.1. The van der Waals surface area contributed by atoms with Crippen LogP contribution in [0.2, 0.25) is 0 Å². The SMILES string of the molecule is O=C(O)c1cc(-c2cccnc2)nc2n[nH]c(-c3ccc(Br)cc3)c12.